The number of esters is 1. The number of aromatic nitrogens is 1. The molecule has 1 N–H and O–H groups in total. The number of carbonyl (C=O) groups is 1. The fourth-order valence-electron chi connectivity index (χ4n) is 1.77. The van der Waals surface area contributed by atoms with E-state index in [1.807, 2.05) is 0 Å². The number of rotatable bonds is 6. The van der Waals surface area contributed by atoms with Gasteiger partial charge in [-0.15, -0.1) is 0 Å². The van der Waals surface area contributed by atoms with Crippen LogP contribution in [0, 0.1) is 0 Å². The fourth-order valence-corrected chi connectivity index (χ4v) is 2.71. The lowest BCUT2D eigenvalue weighted by Gasteiger charge is -2.36. The Hall–Kier alpha value is -1.44. The second-order valence-electron chi connectivity index (χ2n) is 6.86. The Labute approximate surface area is 138 Å². The molecule has 1 aromatic heterocycles. The van der Waals surface area contributed by atoms with Gasteiger partial charge in [-0.3, -0.25) is 0 Å². The normalized spacial score (nSPS) is 13.6. The maximum atomic E-state index is 11.7. The molecule has 130 valence electrons. The van der Waals surface area contributed by atoms with Crippen molar-refractivity contribution in [3.8, 4) is 5.88 Å². The monoisotopic (exact) mass is 341 g/mol. The van der Waals surface area contributed by atoms with E-state index in [4.69, 9.17) is 9.16 Å². The fraction of sp³-hybridized carbons (Fsp3) is 0.625. The number of aliphatic hydroxyl groups is 1. The predicted octanol–water partition coefficient (Wildman–Crippen LogP) is 2.82. The van der Waals surface area contributed by atoms with Crippen molar-refractivity contribution >= 4 is 14.3 Å². The lowest BCUT2D eigenvalue weighted by Crippen LogP contribution is -2.40. The molecule has 0 amide bonds. The van der Waals surface area contributed by atoms with Crippen molar-refractivity contribution in [3.05, 3.63) is 23.4 Å². The molecule has 7 heteroatoms. The van der Waals surface area contributed by atoms with E-state index in [0.717, 1.165) is 0 Å². The lowest BCUT2D eigenvalue weighted by molar-refractivity contribution is -0.150. The molecular formula is C16H27NO5Si. The van der Waals surface area contributed by atoms with E-state index in [9.17, 15) is 9.90 Å². The molecule has 0 saturated heterocycles. The van der Waals surface area contributed by atoms with Crippen LogP contribution in [-0.4, -0.2) is 38.6 Å². The van der Waals surface area contributed by atoms with Crippen LogP contribution in [-0.2, 0) is 20.6 Å². The first-order chi connectivity index (χ1) is 10.5. The van der Waals surface area contributed by atoms with Gasteiger partial charge in [0.15, 0.2) is 14.4 Å². The Kier molecular flexibility index (Phi) is 6.32. The standard InChI is InChI=1S/C16H27NO5Si/c1-16(2,3)23(6,7)22-10-12-11(13(18)15(19)21-5)8-9-17-14(12)20-4/h8-9,13,18H,10H2,1-7H3. The number of ether oxygens (including phenoxy) is 2. The highest BCUT2D eigenvalue weighted by Crippen LogP contribution is 2.38. The molecule has 0 aliphatic carbocycles. The van der Waals surface area contributed by atoms with Gasteiger partial charge in [-0.1, -0.05) is 20.8 Å². The molecule has 1 atom stereocenters. The third-order valence-electron chi connectivity index (χ3n) is 4.35. The number of hydrogen-bond donors (Lipinski definition) is 1. The second kappa shape index (κ2) is 7.42. The van der Waals surface area contributed by atoms with Crippen molar-refractivity contribution in [2.24, 2.45) is 0 Å². The lowest BCUT2D eigenvalue weighted by atomic mass is 10.1. The SMILES string of the molecule is COC(=O)C(O)c1ccnc(OC)c1CO[Si](C)(C)C(C)(C)C. The molecule has 23 heavy (non-hydrogen) atoms. The van der Waals surface area contributed by atoms with Gasteiger partial charge in [0.05, 0.1) is 20.8 Å². The van der Waals surface area contributed by atoms with E-state index in [2.05, 4.69) is 43.6 Å². The summed E-state index contributed by atoms with van der Waals surface area (Å²) in [5.74, 6) is -0.393. The van der Waals surface area contributed by atoms with Crippen molar-refractivity contribution in [2.75, 3.05) is 14.2 Å². The van der Waals surface area contributed by atoms with E-state index >= 15 is 0 Å². The molecule has 1 aromatic rings. The molecule has 0 bridgehead atoms. The average molecular weight is 341 g/mol. The molecular weight excluding hydrogens is 314 g/mol. The smallest absolute Gasteiger partial charge is 0.339 e. The number of carbonyl (C=O) groups excluding carboxylic acids is 1. The Balaban J connectivity index is 3.16. The summed E-state index contributed by atoms with van der Waals surface area (Å²) < 4.78 is 16.1. The van der Waals surface area contributed by atoms with E-state index in [1.54, 1.807) is 6.07 Å². The van der Waals surface area contributed by atoms with Gasteiger partial charge < -0.3 is 19.0 Å². The van der Waals surface area contributed by atoms with Gasteiger partial charge in [-0.2, -0.15) is 0 Å². The highest BCUT2D eigenvalue weighted by atomic mass is 28.4. The molecule has 0 aliphatic rings. The van der Waals surface area contributed by atoms with Gasteiger partial charge >= 0.3 is 5.97 Å². The minimum atomic E-state index is -2.00. The van der Waals surface area contributed by atoms with Gasteiger partial charge in [0.1, 0.15) is 0 Å². The zero-order valence-electron chi connectivity index (χ0n) is 15.0. The summed E-state index contributed by atoms with van der Waals surface area (Å²) in [5.41, 5.74) is 0.958. The molecule has 0 saturated carbocycles. The predicted molar refractivity (Wildman–Crippen MR) is 89.8 cm³/mol. The molecule has 0 aromatic carbocycles. The first kappa shape index (κ1) is 19.6. The van der Waals surface area contributed by atoms with E-state index in [0.29, 0.717) is 17.0 Å². The summed E-state index contributed by atoms with van der Waals surface area (Å²) in [4.78, 5) is 15.8. The summed E-state index contributed by atoms with van der Waals surface area (Å²) in [6.45, 7) is 10.9. The van der Waals surface area contributed by atoms with Crippen molar-refractivity contribution in [3.63, 3.8) is 0 Å². The highest BCUT2D eigenvalue weighted by Gasteiger charge is 2.37. The zero-order chi connectivity index (χ0) is 17.8. The Bertz CT molecular complexity index is 554. The number of aliphatic hydroxyl groups excluding tert-OH is 1. The summed E-state index contributed by atoms with van der Waals surface area (Å²) in [7, 11) is 0.727. The van der Waals surface area contributed by atoms with Crippen LogP contribution in [0.25, 0.3) is 0 Å². The van der Waals surface area contributed by atoms with Crippen molar-refractivity contribution in [2.45, 2.75) is 51.6 Å². The first-order valence-electron chi connectivity index (χ1n) is 7.46. The van der Waals surface area contributed by atoms with Crippen molar-refractivity contribution in [1.82, 2.24) is 4.98 Å². The Morgan fingerprint density at radius 2 is 1.96 bits per heavy atom. The van der Waals surface area contributed by atoms with Crippen LogP contribution >= 0.6 is 0 Å². The molecule has 0 aliphatic heterocycles. The molecule has 1 rings (SSSR count). The van der Waals surface area contributed by atoms with Gasteiger partial charge in [-0.05, 0) is 24.2 Å². The van der Waals surface area contributed by atoms with Gasteiger partial charge in [0.2, 0.25) is 5.88 Å². The molecule has 0 fully saturated rings. The van der Waals surface area contributed by atoms with E-state index in [1.165, 1.54) is 20.4 Å². The molecule has 6 nitrogen and oxygen atoms in total. The van der Waals surface area contributed by atoms with Crippen LogP contribution in [0.3, 0.4) is 0 Å². The number of pyridine rings is 1. The molecule has 1 unspecified atom stereocenters. The van der Waals surface area contributed by atoms with Crippen LogP contribution in [0.2, 0.25) is 18.1 Å². The third kappa shape index (κ3) is 4.52. The summed E-state index contributed by atoms with van der Waals surface area (Å²) >= 11 is 0. The summed E-state index contributed by atoms with van der Waals surface area (Å²) in [6.07, 6.45) is 0.0887. The molecule has 0 radical (unpaired) electrons. The van der Waals surface area contributed by atoms with Crippen LogP contribution in [0.15, 0.2) is 12.3 Å². The largest absolute Gasteiger partial charge is 0.481 e. The maximum absolute atomic E-state index is 11.7. The van der Waals surface area contributed by atoms with Crippen molar-refractivity contribution in [1.29, 1.82) is 0 Å². The second-order valence-corrected chi connectivity index (χ2v) is 11.7. The number of nitrogens with zero attached hydrogens (tertiary/aromatic N) is 1. The Morgan fingerprint density at radius 1 is 1.35 bits per heavy atom. The quantitative estimate of drug-likeness (QED) is 0.633. The maximum Gasteiger partial charge on any atom is 0.339 e. The van der Waals surface area contributed by atoms with E-state index in [-0.39, 0.29) is 11.6 Å². The van der Waals surface area contributed by atoms with Crippen LogP contribution in [0.1, 0.15) is 38.0 Å². The van der Waals surface area contributed by atoms with Crippen LogP contribution in [0.5, 0.6) is 5.88 Å². The van der Waals surface area contributed by atoms with Crippen LogP contribution in [0.4, 0.5) is 0 Å². The van der Waals surface area contributed by atoms with Gasteiger partial charge in [0.25, 0.3) is 0 Å². The summed E-state index contributed by atoms with van der Waals surface area (Å²) in [6, 6.07) is 1.58. The van der Waals surface area contributed by atoms with Crippen molar-refractivity contribution < 1.29 is 23.8 Å². The summed E-state index contributed by atoms with van der Waals surface area (Å²) in [5, 5.41) is 10.2. The topological polar surface area (TPSA) is 77.9 Å². The minimum absolute atomic E-state index is 0.0452. The first-order valence-corrected chi connectivity index (χ1v) is 10.4. The third-order valence-corrected chi connectivity index (χ3v) is 8.83. The molecule has 0 spiro atoms. The van der Waals surface area contributed by atoms with Crippen LogP contribution < -0.4 is 4.74 Å². The zero-order valence-corrected chi connectivity index (χ0v) is 16.0. The molecule has 1 heterocycles. The van der Waals surface area contributed by atoms with E-state index < -0.39 is 20.4 Å². The Morgan fingerprint density at radius 3 is 2.43 bits per heavy atom. The number of hydrogen-bond acceptors (Lipinski definition) is 6. The average Bonchev–Trinajstić information content (AvgIpc) is 2.49. The van der Waals surface area contributed by atoms with Gasteiger partial charge in [-0.25, -0.2) is 9.78 Å². The van der Waals surface area contributed by atoms with Gasteiger partial charge in [0, 0.05) is 17.3 Å². The minimum Gasteiger partial charge on any atom is -0.481 e. The highest BCUT2D eigenvalue weighted by molar-refractivity contribution is 6.74. The number of methoxy groups -OCH3 is 2.